The van der Waals surface area contributed by atoms with Crippen molar-refractivity contribution < 1.29 is 21.6 Å². The van der Waals surface area contributed by atoms with Gasteiger partial charge in [-0.2, -0.15) is 13.2 Å². The lowest BCUT2D eigenvalue weighted by molar-refractivity contribution is -0.137. The van der Waals surface area contributed by atoms with Gasteiger partial charge in [-0.25, -0.2) is 18.5 Å². The highest BCUT2D eigenvalue weighted by molar-refractivity contribution is 14.0. The molecule has 0 aliphatic heterocycles. The van der Waals surface area contributed by atoms with Crippen LogP contribution in [0.5, 0.6) is 0 Å². The minimum Gasteiger partial charge on any atom is -0.357 e. The van der Waals surface area contributed by atoms with Gasteiger partial charge in [0.1, 0.15) is 0 Å². The maximum atomic E-state index is 12.6. The van der Waals surface area contributed by atoms with Crippen molar-refractivity contribution in [2.24, 2.45) is 10.1 Å². The first kappa shape index (κ1) is 22.9. The van der Waals surface area contributed by atoms with E-state index in [-0.39, 0.29) is 42.8 Å². The van der Waals surface area contributed by atoms with Gasteiger partial charge < -0.3 is 10.6 Å². The highest BCUT2D eigenvalue weighted by Crippen LogP contribution is 2.29. The van der Waals surface area contributed by atoms with E-state index in [0.717, 1.165) is 12.1 Å². The molecule has 6 nitrogen and oxygen atoms in total. The van der Waals surface area contributed by atoms with E-state index in [1.165, 1.54) is 12.1 Å². The lowest BCUT2D eigenvalue weighted by Gasteiger charge is -2.11. The normalized spacial score (nSPS) is 12.5. The number of benzene rings is 1. The molecule has 0 atom stereocenters. The Morgan fingerprint density at radius 3 is 2.50 bits per heavy atom. The molecule has 0 saturated carbocycles. The first-order chi connectivity index (χ1) is 10.6. The number of nitrogens with two attached hydrogens (primary N) is 1. The fraction of sp³-hybridized carbons (Fsp3) is 0.462. The van der Waals surface area contributed by atoms with Crippen molar-refractivity contribution in [2.75, 3.05) is 18.8 Å². The molecule has 0 unspecified atom stereocenters. The molecule has 0 saturated heterocycles. The summed E-state index contributed by atoms with van der Waals surface area (Å²) >= 11 is 0. The molecule has 0 bridgehead atoms. The number of guanidine groups is 1. The highest BCUT2D eigenvalue weighted by atomic mass is 127. The minimum atomic E-state index is -4.40. The second-order valence-electron chi connectivity index (χ2n) is 4.69. The predicted octanol–water partition coefficient (Wildman–Crippen LogP) is 1.67. The van der Waals surface area contributed by atoms with Gasteiger partial charge in [-0.15, -0.1) is 24.0 Å². The van der Waals surface area contributed by atoms with E-state index in [0.29, 0.717) is 18.1 Å². The number of alkyl halides is 3. The van der Waals surface area contributed by atoms with Gasteiger partial charge in [-0.3, -0.25) is 0 Å². The van der Waals surface area contributed by atoms with Crippen LogP contribution in [-0.4, -0.2) is 33.2 Å². The Morgan fingerprint density at radius 2 is 1.96 bits per heavy atom. The Labute approximate surface area is 156 Å². The fourth-order valence-electron chi connectivity index (χ4n) is 1.67. The van der Waals surface area contributed by atoms with E-state index in [2.05, 4.69) is 15.6 Å². The molecule has 0 spiro atoms. The lowest BCUT2D eigenvalue weighted by atomic mass is 10.1. The molecule has 0 amide bonds. The van der Waals surface area contributed by atoms with Crippen molar-refractivity contribution in [3.05, 3.63) is 35.4 Å². The maximum Gasteiger partial charge on any atom is 0.416 e. The SMILES string of the molecule is CCNC(=NCc1cccc(C(F)(F)F)c1)NCCS(N)(=O)=O.I. The third-order valence-corrected chi connectivity index (χ3v) is 3.47. The molecule has 0 heterocycles. The van der Waals surface area contributed by atoms with Crippen molar-refractivity contribution in [3.8, 4) is 0 Å². The number of nitrogens with zero attached hydrogens (tertiary/aromatic N) is 1. The van der Waals surface area contributed by atoms with Crippen LogP contribution in [0.4, 0.5) is 13.2 Å². The Balaban J connectivity index is 0.00000529. The Bertz CT molecular complexity index is 651. The van der Waals surface area contributed by atoms with Crippen LogP contribution < -0.4 is 15.8 Å². The van der Waals surface area contributed by atoms with E-state index < -0.39 is 21.8 Å². The predicted molar refractivity (Wildman–Crippen MR) is 97.7 cm³/mol. The van der Waals surface area contributed by atoms with Crippen LogP contribution in [-0.2, 0) is 22.7 Å². The zero-order chi connectivity index (χ0) is 17.5. The van der Waals surface area contributed by atoms with Crippen molar-refractivity contribution >= 4 is 40.0 Å². The third-order valence-electron chi connectivity index (χ3n) is 2.70. The average Bonchev–Trinajstić information content (AvgIpc) is 2.43. The van der Waals surface area contributed by atoms with Crippen LogP contribution in [0.1, 0.15) is 18.1 Å². The quantitative estimate of drug-likeness (QED) is 0.328. The van der Waals surface area contributed by atoms with Crippen LogP contribution >= 0.6 is 24.0 Å². The number of hydrogen-bond donors (Lipinski definition) is 3. The molecular formula is C13H20F3IN4O2S. The average molecular weight is 480 g/mol. The molecule has 4 N–H and O–H groups in total. The summed E-state index contributed by atoms with van der Waals surface area (Å²) in [6, 6.07) is 4.86. The van der Waals surface area contributed by atoms with E-state index in [9.17, 15) is 21.6 Å². The van der Waals surface area contributed by atoms with Crippen molar-refractivity contribution in [2.45, 2.75) is 19.6 Å². The van der Waals surface area contributed by atoms with Gasteiger partial charge >= 0.3 is 6.18 Å². The molecule has 1 aromatic carbocycles. The number of halogens is 4. The van der Waals surface area contributed by atoms with Crippen molar-refractivity contribution in [1.82, 2.24) is 10.6 Å². The van der Waals surface area contributed by atoms with Crippen molar-refractivity contribution in [3.63, 3.8) is 0 Å². The van der Waals surface area contributed by atoms with Crippen LogP contribution in [0.15, 0.2) is 29.3 Å². The van der Waals surface area contributed by atoms with Crippen LogP contribution in [0.2, 0.25) is 0 Å². The maximum absolute atomic E-state index is 12.6. The Hall–Kier alpha value is -1.08. The molecular weight excluding hydrogens is 460 g/mol. The molecule has 0 aliphatic carbocycles. The second-order valence-corrected chi connectivity index (χ2v) is 6.42. The van der Waals surface area contributed by atoms with Crippen LogP contribution in [0.3, 0.4) is 0 Å². The van der Waals surface area contributed by atoms with Gasteiger partial charge in [0.15, 0.2) is 5.96 Å². The molecule has 0 radical (unpaired) electrons. The molecule has 138 valence electrons. The molecule has 0 aromatic heterocycles. The second kappa shape index (κ2) is 10.0. The number of sulfonamides is 1. The van der Waals surface area contributed by atoms with Crippen molar-refractivity contribution in [1.29, 1.82) is 0 Å². The van der Waals surface area contributed by atoms with E-state index >= 15 is 0 Å². The largest absolute Gasteiger partial charge is 0.416 e. The molecule has 24 heavy (non-hydrogen) atoms. The summed E-state index contributed by atoms with van der Waals surface area (Å²) < 4.78 is 59.6. The van der Waals surface area contributed by atoms with Gasteiger partial charge in [0.25, 0.3) is 0 Å². The molecule has 11 heteroatoms. The highest BCUT2D eigenvalue weighted by Gasteiger charge is 2.30. The number of hydrogen-bond acceptors (Lipinski definition) is 3. The summed E-state index contributed by atoms with van der Waals surface area (Å²) in [5.41, 5.74) is -0.346. The smallest absolute Gasteiger partial charge is 0.357 e. The minimum absolute atomic E-state index is 0. The summed E-state index contributed by atoms with van der Waals surface area (Å²) in [5.74, 6) is 0.0228. The van der Waals surface area contributed by atoms with Gasteiger partial charge in [0, 0.05) is 13.1 Å². The molecule has 1 rings (SSSR count). The zero-order valence-electron chi connectivity index (χ0n) is 12.9. The zero-order valence-corrected chi connectivity index (χ0v) is 16.1. The number of primary sulfonamides is 1. The van der Waals surface area contributed by atoms with Gasteiger partial charge in [0.2, 0.25) is 10.0 Å². The van der Waals surface area contributed by atoms with Gasteiger partial charge in [-0.1, -0.05) is 12.1 Å². The molecule has 1 aromatic rings. The summed E-state index contributed by atoms with van der Waals surface area (Å²) in [6.45, 7) is 2.40. The van der Waals surface area contributed by atoms with E-state index in [1.54, 1.807) is 6.92 Å². The molecule has 0 aliphatic rings. The fourth-order valence-corrected chi connectivity index (χ4v) is 2.06. The van der Waals surface area contributed by atoms with E-state index in [1.807, 2.05) is 0 Å². The number of nitrogens with one attached hydrogen (secondary N) is 2. The monoisotopic (exact) mass is 480 g/mol. The van der Waals surface area contributed by atoms with Crippen LogP contribution in [0.25, 0.3) is 0 Å². The first-order valence-corrected chi connectivity index (χ1v) is 8.52. The summed E-state index contributed by atoms with van der Waals surface area (Å²) in [5, 5.41) is 10.5. The van der Waals surface area contributed by atoms with E-state index in [4.69, 9.17) is 5.14 Å². The Kier molecular flexibility index (Phi) is 9.58. The molecule has 0 fully saturated rings. The number of rotatable bonds is 6. The number of aliphatic imine (C=N–C) groups is 1. The summed E-state index contributed by atoms with van der Waals surface area (Å²) in [6.07, 6.45) is -4.40. The van der Waals surface area contributed by atoms with Gasteiger partial charge in [0.05, 0.1) is 17.9 Å². The van der Waals surface area contributed by atoms with Gasteiger partial charge in [-0.05, 0) is 24.6 Å². The topological polar surface area (TPSA) is 96.6 Å². The standard InChI is InChI=1S/C13H19F3N4O2S.HI/c1-2-18-12(19-6-7-23(17,21)22)20-9-10-4-3-5-11(8-10)13(14,15)16;/h3-5,8H,2,6-7,9H2,1H3,(H2,17,21,22)(H2,18,19,20);1H. The first-order valence-electron chi connectivity index (χ1n) is 6.80. The summed E-state index contributed by atoms with van der Waals surface area (Å²) in [4.78, 5) is 4.12. The lowest BCUT2D eigenvalue weighted by Crippen LogP contribution is -2.40. The van der Waals surface area contributed by atoms with Crippen LogP contribution in [0, 0.1) is 0 Å². The summed E-state index contributed by atoms with van der Waals surface area (Å²) in [7, 11) is -3.59. The Morgan fingerprint density at radius 1 is 1.29 bits per heavy atom. The third kappa shape index (κ3) is 9.27.